The van der Waals surface area contributed by atoms with E-state index in [-0.39, 0.29) is 23.2 Å². The van der Waals surface area contributed by atoms with Crippen LogP contribution in [0.15, 0.2) is 29.2 Å². The van der Waals surface area contributed by atoms with Gasteiger partial charge in [0.2, 0.25) is 0 Å². The summed E-state index contributed by atoms with van der Waals surface area (Å²) in [5.41, 5.74) is 0.984. The Morgan fingerprint density at radius 2 is 1.90 bits per heavy atom. The Balaban J connectivity index is 1.57. The highest BCUT2D eigenvalue weighted by atomic mass is 32.2. The van der Waals surface area contributed by atoms with Crippen molar-refractivity contribution in [1.82, 2.24) is 0 Å². The fourth-order valence-corrected chi connectivity index (χ4v) is 3.72. The Hall–Kier alpha value is -0.990. The lowest BCUT2D eigenvalue weighted by Gasteiger charge is -2.23. The van der Waals surface area contributed by atoms with Crippen LogP contribution in [-0.4, -0.2) is 45.7 Å². The van der Waals surface area contributed by atoms with Crippen LogP contribution in [0, 0.1) is 6.92 Å². The molecule has 0 amide bonds. The van der Waals surface area contributed by atoms with Gasteiger partial charge in [-0.25, -0.2) is 0 Å². The SMILES string of the molecule is Cc1ccc(S(=O)(=O)O[C@@H]2[C@@H]3OC[C@H](O3)[C@H]3O[C@H]23)cc1. The lowest BCUT2D eigenvalue weighted by Crippen LogP contribution is -2.42. The van der Waals surface area contributed by atoms with Gasteiger partial charge in [-0.05, 0) is 19.1 Å². The predicted octanol–water partition coefficient (Wildman–Crippen LogP) is 0.591. The van der Waals surface area contributed by atoms with Crippen LogP contribution in [0.4, 0.5) is 0 Å². The van der Waals surface area contributed by atoms with Gasteiger partial charge in [0.25, 0.3) is 10.1 Å². The molecule has 3 saturated heterocycles. The summed E-state index contributed by atoms with van der Waals surface area (Å²) in [6.07, 6.45) is -1.84. The minimum absolute atomic E-state index is 0.0908. The Labute approximate surface area is 116 Å². The monoisotopic (exact) mass is 298 g/mol. The Bertz CT molecular complexity index is 625. The highest BCUT2D eigenvalue weighted by Crippen LogP contribution is 2.43. The van der Waals surface area contributed by atoms with Gasteiger partial charge < -0.3 is 14.2 Å². The Morgan fingerprint density at radius 1 is 1.15 bits per heavy atom. The zero-order valence-corrected chi connectivity index (χ0v) is 11.6. The molecule has 3 aliphatic heterocycles. The average molecular weight is 298 g/mol. The molecule has 0 N–H and O–H groups in total. The maximum atomic E-state index is 12.3. The van der Waals surface area contributed by atoms with Crippen molar-refractivity contribution in [3.05, 3.63) is 29.8 Å². The Kier molecular flexibility index (Phi) is 2.71. The summed E-state index contributed by atoms with van der Waals surface area (Å²) in [5, 5.41) is 0. The van der Waals surface area contributed by atoms with Crippen molar-refractivity contribution in [3.63, 3.8) is 0 Å². The van der Waals surface area contributed by atoms with E-state index >= 15 is 0 Å². The first-order valence-electron chi connectivity index (χ1n) is 6.47. The first kappa shape index (κ1) is 12.7. The third kappa shape index (κ3) is 1.97. The molecule has 1 aromatic carbocycles. The van der Waals surface area contributed by atoms with Gasteiger partial charge in [-0.2, -0.15) is 8.42 Å². The van der Waals surface area contributed by atoms with E-state index in [1.54, 1.807) is 12.1 Å². The number of ether oxygens (including phenoxy) is 3. The van der Waals surface area contributed by atoms with Gasteiger partial charge in [0.05, 0.1) is 11.5 Å². The number of rotatable bonds is 3. The van der Waals surface area contributed by atoms with E-state index in [4.69, 9.17) is 18.4 Å². The van der Waals surface area contributed by atoms with Crippen LogP contribution in [0.5, 0.6) is 0 Å². The number of fused-ring (bicyclic) bond motifs is 4. The van der Waals surface area contributed by atoms with Gasteiger partial charge in [-0.15, -0.1) is 0 Å². The second-order valence-electron chi connectivity index (χ2n) is 5.27. The summed E-state index contributed by atoms with van der Waals surface area (Å²) in [6.45, 7) is 2.32. The zero-order chi connectivity index (χ0) is 13.9. The smallest absolute Gasteiger partial charge is 0.297 e. The molecule has 0 unspecified atom stereocenters. The minimum Gasteiger partial charge on any atom is -0.364 e. The van der Waals surface area contributed by atoms with E-state index in [0.717, 1.165) is 5.56 Å². The van der Waals surface area contributed by atoms with Crippen LogP contribution in [0.25, 0.3) is 0 Å². The van der Waals surface area contributed by atoms with Gasteiger partial charge in [0.1, 0.15) is 18.3 Å². The van der Waals surface area contributed by atoms with E-state index < -0.39 is 22.5 Å². The summed E-state index contributed by atoms with van der Waals surface area (Å²) in [6, 6.07) is 6.51. The van der Waals surface area contributed by atoms with Crippen LogP contribution in [-0.2, 0) is 28.5 Å². The minimum atomic E-state index is -3.85. The summed E-state index contributed by atoms with van der Waals surface area (Å²) in [5.74, 6) is 0. The highest BCUT2D eigenvalue weighted by molar-refractivity contribution is 7.86. The number of hydrogen-bond acceptors (Lipinski definition) is 6. The van der Waals surface area contributed by atoms with E-state index in [9.17, 15) is 8.42 Å². The van der Waals surface area contributed by atoms with Crippen molar-refractivity contribution in [1.29, 1.82) is 0 Å². The normalized spacial score (nSPS) is 38.5. The molecular formula is C13H14O6S. The molecule has 3 aliphatic rings. The van der Waals surface area contributed by atoms with E-state index in [1.807, 2.05) is 6.92 Å². The van der Waals surface area contributed by atoms with Crippen LogP contribution in [0.1, 0.15) is 5.56 Å². The van der Waals surface area contributed by atoms with Crippen LogP contribution in [0.2, 0.25) is 0 Å². The van der Waals surface area contributed by atoms with Crippen molar-refractivity contribution < 1.29 is 26.8 Å². The Morgan fingerprint density at radius 3 is 2.65 bits per heavy atom. The molecule has 3 fully saturated rings. The average Bonchev–Trinajstić information content (AvgIpc) is 3.09. The molecule has 0 saturated carbocycles. The number of aryl methyl sites for hydroxylation is 1. The molecule has 0 aromatic heterocycles. The molecular weight excluding hydrogens is 284 g/mol. The molecule has 108 valence electrons. The standard InChI is InChI=1S/C13H14O6S/c1-7-2-4-8(5-3-7)20(14,15)19-12-11-10(18-11)9-6-16-13(12)17-9/h2-5,9-13H,6H2,1H3/t9-,10+,11-,12-,13+/m0/s1. The number of hydrogen-bond donors (Lipinski definition) is 0. The fraction of sp³-hybridized carbons (Fsp3) is 0.538. The molecule has 0 spiro atoms. The van der Waals surface area contributed by atoms with Crippen molar-refractivity contribution in [2.45, 2.75) is 42.5 Å². The van der Waals surface area contributed by atoms with Crippen molar-refractivity contribution in [2.75, 3.05) is 6.61 Å². The highest BCUT2D eigenvalue weighted by Gasteiger charge is 2.63. The summed E-state index contributed by atoms with van der Waals surface area (Å²) in [4.78, 5) is 0.125. The fourth-order valence-electron chi connectivity index (χ4n) is 2.65. The molecule has 0 radical (unpaired) electrons. The van der Waals surface area contributed by atoms with Crippen molar-refractivity contribution in [2.24, 2.45) is 0 Å². The molecule has 20 heavy (non-hydrogen) atoms. The van der Waals surface area contributed by atoms with Gasteiger partial charge in [-0.3, -0.25) is 4.18 Å². The van der Waals surface area contributed by atoms with E-state index in [1.165, 1.54) is 12.1 Å². The largest absolute Gasteiger partial charge is 0.364 e. The topological polar surface area (TPSA) is 74.4 Å². The van der Waals surface area contributed by atoms with Crippen LogP contribution < -0.4 is 0 Å². The summed E-state index contributed by atoms with van der Waals surface area (Å²) < 4.78 is 46.2. The molecule has 1 aromatic rings. The first-order valence-corrected chi connectivity index (χ1v) is 7.88. The lowest BCUT2D eigenvalue weighted by molar-refractivity contribution is -0.133. The second-order valence-corrected chi connectivity index (χ2v) is 6.84. The molecule has 7 heteroatoms. The number of epoxide rings is 1. The maximum Gasteiger partial charge on any atom is 0.297 e. The maximum absolute atomic E-state index is 12.3. The third-order valence-corrected chi connectivity index (χ3v) is 5.13. The molecule has 4 rings (SSSR count). The molecule has 2 bridgehead atoms. The van der Waals surface area contributed by atoms with Crippen molar-refractivity contribution >= 4 is 10.1 Å². The first-order chi connectivity index (χ1) is 9.54. The van der Waals surface area contributed by atoms with E-state index in [0.29, 0.717) is 6.61 Å². The number of benzene rings is 1. The predicted molar refractivity (Wildman–Crippen MR) is 66.5 cm³/mol. The molecule has 3 heterocycles. The van der Waals surface area contributed by atoms with Crippen LogP contribution >= 0.6 is 0 Å². The summed E-state index contributed by atoms with van der Waals surface area (Å²) in [7, 11) is -3.85. The molecule has 0 aliphatic carbocycles. The van der Waals surface area contributed by atoms with Crippen LogP contribution in [0.3, 0.4) is 0 Å². The van der Waals surface area contributed by atoms with Gasteiger partial charge >= 0.3 is 0 Å². The van der Waals surface area contributed by atoms with Crippen molar-refractivity contribution in [3.8, 4) is 0 Å². The van der Waals surface area contributed by atoms with Gasteiger partial charge in [0.15, 0.2) is 12.4 Å². The van der Waals surface area contributed by atoms with Gasteiger partial charge in [0, 0.05) is 0 Å². The summed E-state index contributed by atoms with van der Waals surface area (Å²) >= 11 is 0. The zero-order valence-electron chi connectivity index (χ0n) is 10.8. The molecule has 6 nitrogen and oxygen atoms in total. The quantitative estimate of drug-likeness (QED) is 0.600. The second kappa shape index (κ2) is 4.25. The lowest BCUT2D eigenvalue weighted by atomic mass is 10.1. The molecule has 5 atom stereocenters. The van der Waals surface area contributed by atoms with Gasteiger partial charge in [-0.1, -0.05) is 17.7 Å². The third-order valence-electron chi connectivity index (χ3n) is 3.80. The van der Waals surface area contributed by atoms with E-state index in [2.05, 4.69) is 0 Å².